The lowest BCUT2D eigenvalue weighted by atomic mass is 10.1. The molecule has 6 heteroatoms. The van der Waals surface area contributed by atoms with Crippen molar-refractivity contribution in [1.29, 1.82) is 0 Å². The highest BCUT2D eigenvalue weighted by molar-refractivity contribution is 9.10. The first-order chi connectivity index (χ1) is 10.5. The molecule has 0 bridgehead atoms. The largest absolute Gasteiger partial charge is 0.466 e. The van der Waals surface area contributed by atoms with Crippen LogP contribution < -0.4 is 0 Å². The molecule has 0 aliphatic rings. The molecular formula is C16H22BrNO4. The third kappa shape index (κ3) is 5.42. The van der Waals surface area contributed by atoms with Crippen molar-refractivity contribution < 1.29 is 19.4 Å². The molecule has 122 valence electrons. The van der Waals surface area contributed by atoms with Crippen molar-refractivity contribution in [2.24, 2.45) is 0 Å². The highest BCUT2D eigenvalue weighted by atomic mass is 79.9. The van der Waals surface area contributed by atoms with E-state index in [0.717, 1.165) is 4.47 Å². The number of hydrogen-bond donors (Lipinski definition) is 1. The summed E-state index contributed by atoms with van der Waals surface area (Å²) in [7, 11) is 0. The molecule has 1 aromatic carbocycles. The third-order valence-electron chi connectivity index (χ3n) is 3.34. The molecule has 1 atom stereocenters. The summed E-state index contributed by atoms with van der Waals surface area (Å²) in [5.74, 6) is -0.540. The van der Waals surface area contributed by atoms with Gasteiger partial charge in [-0.05, 0) is 37.6 Å². The number of carbonyl (C=O) groups is 2. The normalized spacial score (nSPS) is 11.8. The van der Waals surface area contributed by atoms with Crippen LogP contribution >= 0.6 is 15.9 Å². The second-order valence-corrected chi connectivity index (χ2v) is 5.72. The quantitative estimate of drug-likeness (QED) is 0.713. The van der Waals surface area contributed by atoms with Gasteiger partial charge in [-0.1, -0.05) is 22.9 Å². The Balaban J connectivity index is 2.86. The molecule has 0 saturated heterocycles. The molecule has 0 heterocycles. The number of nitrogens with zero attached hydrogens (tertiary/aromatic N) is 1. The maximum absolute atomic E-state index is 12.6. The van der Waals surface area contributed by atoms with Crippen LogP contribution in [0, 0.1) is 0 Å². The average molecular weight is 372 g/mol. The first-order valence-corrected chi connectivity index (χ1v) is 8.15. The van der Waals surface area contributed by atoms with E-state index in [2.05, 4.69) is 15.9 Å². The summed E-state index contributed by atoms with van der Waals surface area (Å²) >= 11 is 3.33. The number of hydrogen-bond acceptors (Lipinski definition) is 4. The summed E-state index contributed by atoms with van der Waals surface area (Å²) in [6.07, 6.45) is 0.730. The maximum Gasteiger partial charge on any atom is 0.307 e. The van der Waals surface area contributed by atoms with E-state index < -0.39 is 0 Å². The van der Waals surface area contributed by atoms with Crippen LogP contribution in [0.25, 0.3) is 0 Å². The number of halogens is 1. The second-order valence-electron chi connectivity index (χ2n) is 4.81. The third-order valence-corrected chi connectivity index (χ3v) is 3.87. The molecule has 1 aromatic rings. The predicted molar refractivity (Wildman–Crippen MR) is 87.6 cm³/mol. The predicted octanol–water partition coefficient (Wildman–Crippen LogP) is 2.62. The van der Waals surface area contributed by atoms with Crippen molar-refractivity contribution >= 4 is 27.8 Å². The molecule has 0 aliphatic carbocycles. The van der Waals surface area contributed by atoms with Gasteiger partial charge < -0.3 is 14.7 Å². The minimum Gasteiger partial charge on any atom is -0.466 e. The lowest BCUT2D eigenvalue weighted by Crippen LogP contribution is -2.43. The van der Waals surface area contributed by atoms with Crippen LogP contribution in [0.1, 0.15) is 37.0 Å². The van der Waals surface area contributed by atoms with Crippen molar-refractivity contribution in [2.75, 3.05) is 19.8 Å². The van der Waals surface area contributed by atoms with Gasteiger partial charge in [0.15, 0.2) is 0 Å². The lowest BCUT2D eigenvalue weighted by Gasteiger charge is -2.30. The standard InChI is InChI=1S/C16H22BrNO4/c1-3-14(11-19)18(10-9-15(20)22-4-2)16(21)12-5-7-13(17)8-6-12/h5-8,14,19H,3-4,9-11H2,1-2H3. The number of carbonyl (C=O) groups excluding carboxylic acids is 2. The van der Waals surface area contributed by atoms with Gasteiger partial charge in [-0.25, -0.2) is 0 Å². The molecule has 22 heavy (non-hydrogen) atoms. The first kappa shape index (κ1) is 18.6. The van der Waals surface area contributed by atoms with E-state index in [1.54, 1.807) is 36.1 Å². The van der Waals surface area contributed by atoms with E-state index in [1.807, 2.05) is 6.92 Å². The van der Waals surface area contributed by atoms with Gasteiger partial charge in [-0.2, -0.15) is 0 Å². The van der Waals surface area contributed by atoms with Crippen molar-refractivity contribution in [3.05, 3.63) is 34.3 Å². The second kappa shape index (κ2) is 9.58. The first-order valence-electron chi connectivity index (χ1n) is 7.36. The number of amides is 1. The Morgan fingerprint density at radius 1 is 1.27 bits per heavy atom. The van der Waals surface area contributed by atoms with Crippen LogP contribution in [0.4, 0.5) is 0 Å². The summed E-state index contributed by atoms with van der Waals surface area (Å²) in [6.45, 7) is 4.05. The van der Waals surface area contributed by atoms with Crippen LogP contribution in [0.15, 0.2) is 28.7 Å². The topological polar surface area (TPSA) is 66.8 Å². The van der Waals surface area contributed by atoms with E-state index in [-0.39, 0.29) is 37.5 Å². The van der Waals surface area contributed by atoms with Gasteiger partial charge >= 0.3 is 5.97 Å². The Hall–Kier alpha value is -1.40. The minimum absolute atomic E-state index is 0.118. The number of aliphatic hydroxyl groups excluding tert-OH is 1. The number of aliphatic hydroxyl groups is 1. The Morgan fingerprint density at radius 2 is 1.91 bits per heavy atom. The van der Waals surface area contributed by atoms with Gasteiger partial charge in [0.25, 0.3) is 5.91 Å². The van der Waals surface area contributed by atoms with Gasteiger partial charge in [0.05, 0.1) is 25.7 Å². The van der Waals surface area contributed by atoms with Crippen molar-refractivity contribution in [2.45, 2.75) is 32.7 Å². The average Bonchev–Trinajstić information content (AvgIpc) is 2.52. The zero-order valence-corrected chi connectivity index (χ0v) is 14.5. The molecule has 0 aliphatic heterocycles. The van der Waals surface area contributed by atoms with E-state index in [9.17, 15) is 14.7 Å². The van der Waals surface area contributed by atoms with Crippen LogP contribution in [0.3, 0.4) is 0 Å². The molecule has 1 amide bonds. The fraction of sp³-hybridized carbons (Fsp3) is 0.500. The number of esters is 1. The van der Waals surface area contributed by atoms with Crippen LogP contribution in [0.5, 0.6) is 0 Å². The minimum atomic E-state index is -0.344. The molecular weight excluding hydrogens is 350 g/mol. The van der Waals surface area contributed by atoms with E-state index in [0.29, 0.717) is 18.6 Å². The lowest BCUT2D eigenvalue weighted by molar-refractivity contribution is -0.143. The summed E-state index contributed by atoms with van der Waals surface area (Å²) in [5, 5.41) is 9.49. The molecule has 1 rings (SSSR count). The van der Waals surface area contributed by atoms with Crippen molar-refractivity contribution in [3.8, 4) is 0 Å². The molecule has 0 aromatic heterocycles. The van der Waals surface area contributed by atoms with Gasteiger partial charge in [-0.3, -0.25) is 9.59 Å². The van der Waals surface area contributed by atoms with Crippen LogP contribution in [-0.2, 0) is 9.53 Å². The number of ether oxygens (including phenoxy) is 1. The van der Waals surface area contributed by atoms with E-state index in [4.69, 9.17) is 4.74 Å². The van der Waals surface area contributed by atoms with Gasteiger partial charge in [0.2, 0.25) is 0 Å². The van der Waals surface area contributed by atoms with Crippen molar-refractivity contribution in [3.63, 3.8) is 0 Å². The summed E-state index contributed by atoms with van der Waals surface area (Å²) < 4.78 is 5.78. The number of rotatable bonds is 8. The van der Waals surface area contributed by atoms with Gasteiger partial charge in [-0.15, -0.1) is 0 Å². The fourth-order valence-corrected chi connectivity index (χ4v) is 2.37. The maximum atomic E-state index is 12.6. The smallest absolute Gasteiger partial charge is 0.307 e. The summed E-state index contributed by atoms with van der Waals surface area (Å²) in [5.41, 5.74) is 0.527. The molecule has 0 saturated carbocycles. The molecule has 0 fully saturated rings. The SMILES string of the molecule is CCOC(=O)CCN(C(=O)c1ccc(Br)cc1)C(CC)CO. The molecule has 1 unspecified atom stereocenters. The van der Waals surface area contributed by atoms with Crippen molar-refractivity contribution in [1.82, 2.24) is 4.90 Å². The monoisotopic (exact) mass is 371 g/mol. The number of benzene rings is 1. The van der Waals surface area contributed by atoms with E-state index in [1.165, 1.54) is 0 Å². The zero-order chi connectivity index (χ0) is 16.5. The Labute approximate surface area is 139 Å². The van der Waals surface area contributed by atoms with Crippen LogP contribution in [-0.4, -0.2) is 47.7 Å². The Bertz CT molecular complexity index is 485. The molecule has 0 radical (unpaired) electrons. The summed E-state index contributed by atoms with van der Waals surface area (Å²) in [6, 6.07) is 6.69. The molecule has 5 nitrogen and oxygen atoms in total. The Morgan fingerprint density at radius 3 is 2.41 bits per heavy atom. The van der Waals surface area contributed by atoms with Gasteiger partial charge in [0, 0.05) is 16.6 Å². The highest BCUT2D eigenvalue weighted by Crippen LogP contribution is 2.15. The molecule has 1 N–H and O–H groups in total. The molecule has 0 spiro atoms. The van der Waals surface area contributed by atoms with Crippen LogP contribution in [0.2, 0.25) is 0 Å². The zero-order valence-electron chi connectivity index (χ0n) is 12.9. The van der Waals surface area contributed by atoms with E-state index >= 15 is 0 Å². The summed E-state index contributed by atoms with van der Waals surface area (Å²) in [4.78, 5) is 25.7. The highest BCUT2D eigenvalue weighted by Gasteiger charge is 2.23. The van der Waals surface area contributed by atoms with Gasteiger partial charge in [0.1, 0.15) is 0 Å². The Kier molecular flexibility index (Phi) is 8.12. The fourth-order valence-electron chi connectivity index (χ4n) is 2.10.